The maximum Gasteiger partial charge on any atom is 0.330 e. The molecule has 0 radical (unpaired) electrons. The molecule has 5 rings (SSSR count). The van der Waals surface area contributed by atoms with Gasteiger partial charge in [0.1, 0.15) is 16.2 Å². The van der Waals surface area contributed by atoms with Gasteiger partial charge in [-0.05, 0) is 62.7 Å². The number of fused-ring (bicyclic) bond motifs is 1. The molecule has 9 heteroatoms. The van der Waals surface area contributed by atoms with Gasteiger partial charge in [-0.25, -0.2) is 14.8 Å². The SMILES string of the molecule is CCC(C)(C)C1CCC(NC(=O)CSc2nc(C3CC3)nc3c2c(=O)[nH]c(=O)n3C2CC2)CC1. The van der Waals surface area contributed by atoms with Gasteiger partial charge in [0, 0.05) is 18.0 Å². The van der Waals surface area contributed by atoms with Gasteiger partial charge >= 0.3 is 5.69 Å². The standard InChI is InChI=1S/C25H35N5O3S/c1-4-25(2,3)15-7-9-16(10-8-15)26-18(31)13-34-23-19-21(27-20(28-23)14-5-6-14)30(17-11-12-17)24(33)29-22(19)32/h14-17H,4-13H2,1-3H3,(H,26,31)(H,29,32,33). The molecule has 3 aliphatic carbocycles. The summed E-state index contributed by atoms with van der Waals surface area (Å²) in [5, 5.41) is 4.03. The first kappa shape index (κ1) is 23.6. The highest BCUT2D eigenvalue weighted by Crippen LogP contribution is 2.42. The minimum absolute atomic E-state index is 0.0325. The number of nitrogens with zero attached hydrogens (tertiary/aromatic N) is 3. The van der Waals surface area contributed by atoms with Gasteiger partial charge < -0.3 is 5.32 Å². The molecule has 1 amide bonds. The zero-order valence-corrected chi connectivity index (χ0v) is 21.2. The van der Waals surface area contributed by atoms with E-state index < -0.39 is 11.2 Å². The number of hydrogen-bond acceptors (Lipinski definition) is 6. The van der Waals surface area contributed by atoms with Gasteiger partial charge in [-0.2, -0.15) is 0 Å². The van der Waals surface area contributed by atoms with Crippen LogP contribution < -0.4 is 16.6 Å². The van der Waals surface area contributed by atoms with Crippen LogP contribution in [0.1, 0.15) is 96.3 Å². The Kier molecular flexibility index (Phi) is 6.33. The molecule has 0 saturated heterocycles. The maximum absolute atomic E-state index is 12.8. The van der Waals surface area contributed by atoms with Crippen LogP contribution in [0.15, 0.2) is 14.6 Å². The molecule has 184 valence electrons. The summed E-state index contributed by atoms with van der Waals surface area (Å²) in [6.07, 6.45) is 9.35. The number of amides is 1. The van der Waals surface area contributed by atoms with E-state index in [9.17, 15) is 14.4 Å². The number of nitrogens with one attached hydrogen (secondary N) is 2. The van der Waals surface area contributed by atoms with Gasteiger partial charge in [-0.15, -0.1) is 0 Å². The van der Waals surface area contributed by atoms with Crippen LogP contribution in [0.2, 0.25) is 0 Å². The van der Waals surface area contributed by atoms with E-state index in [1.165, 1.54) is 18.2 Å². The first-order valence-corrected chi connectivity index (χ1v) is 13.7. The van der Waals surface area contributed by atoms with Gasteiger partial charge in [0.25, 0.3) is 5.56 Å². The third-order valence-corrected chi connectivity index (χ3v) is 9.05. The molecule has 0 aliphatic heterocycles. The van der Waals surface area contributed by atoms with Crippen molar-refractivity contribution >= 4 is 28.7 Å². The lowest BCUT2D eigenvalue weighted by Crippen LogP contribution is -2.40. The van der Waals surface area contributed by atoms with E-state index in [1.807, 2.05) is 0 Å². The molecular formula is C25H35N5O3S. The second kappa shape index (κ2) is 9.13. The van der Waals surface area contributed by atoms with E-state index in [4.69, 9.17) is 0 Å². The van der Waals surface area contributed by atoms with Crippen molar-refractivity contribution < 1.29 is 4.79 Å². The van der Waals surface area contributed by atoms with Gasteiger partial charge in [0.05, 0.1) is 5.75 Å². The van der Waals surface area contributed by atoms with Gasteiger partial charge in [-0.1, -0.05) is 39.0 Å². The third-order valence-electron chi connectivity index (χ3n) is 8.07. The number of H-pyrrole nitrogens is 1. The highest BCUT2D eigenvalue weighted by Gasteiger charge is 2.34. The highest BCUT2D eigenvalue weighted by molar-refractivity contribution is 8.00. The summed E-state index contributed by atoms with van der Waals surface area (Å²) >= 11 is 1.28. The van der Waals surface area contributed by atoms with Gasteiger partial charge in [-0.3, -0.25) is 19.1 Å². The number of carbonyl (C=O) groups is 1. The molecule has 3 fully saturated rings. The monoisotopic (exact) mass is 485 g/mol. The van der Waals surface area contributed by atoms with E-state index in [1.54, 1.807) is 4.57 Å². The molecule has 0 unspecified atom stereocenters. The number of carbonyl (C=O) groups excluding carboxylic acids is 1. The van der Waals surface area contributed by atoms with Crippen molar-refractivity contribution in [2.75, 3.05) is 5.75 Å². The first-order valence-electron chi connectivity index (χ1n) is 12.8. The van der Waals surface area contributed by atoms with Crippen LogP contribution in [-0.2, 0) is 4.79 Å². The minimum atomic E-state index is -0.473. The van der Waals surface area contributed by atoms with Gasteiger partial charge in [0.2, 0.25) is 5.91 Å². The van der Waals surface area contributed by atoms with E-state index in [-0.39, 0.29) is 29.7 Å². The van der Waals surface area contributed by atoms with E-state index in [2.05, 4.69) is 41.0 Å². The lowest BCUT2D eigenvalue weighted by molar-refractivity contribution is -0.119. The zero-order chi connectivity index (χ0) is 24.0. The van der Waals surface area contributed by atoms with Crippen molar-refractivity contribution in [1.82, 2.24) is 24.8 Å². The van der Waals surface area contributed by atoms with Crippen molar-refractivity contribution in [1.29, 1.82) is 0 Å². The normalized spacial score (nSPS) is 23.3. The third kappa shape index (κ3) is 4.81. The van der Waals surface area contributed by atoms with Crippen LogP contribution in [-0.4, -0.2) is 37.2 Å². The van der Waals surface area contributed by atoms with Crippen molar-refractivity contribution in [3.63, 3.8) is 0 Å². The summed E-state index contributed by atoms with van der Waals surface area (Å²) in [4.78, 5) is 49.8. The fourth-order valence-corrected chi connectivity index (χ4v) is 5.98. The van der Waals surface area contributed by atoms with Crippen LogP contribution in [0.5, 0.6) is 0 Å². The number of hydrogen-bond donors (Lipinski definition) is 2. The average molecular weight is 486 g/mol. The van der Waals surface area contributed by atoms with Gasteiger partial charge in [0.15, 0.2) is 5.65 Å². The molecule has 0 spiro atoms. The lowest BCUT2D eigenvalue weighted by Gasteiger charge is -2.39. The molecule has 0 atom stereocenters. The second-order valence-corrected chi connectivity index (χ2v) is 11.9. The fourth-order valence-electron chi connectivity index (χ4n) is 5.15. The van der Waals surface area contributed by atoms with Crippen LogP contribution in [0, 0.1) is 11.3 Å². The Hall–Kier alpha value is -2.16. The van der Waals surface area contributed by atoms with Crippen molar-refractivity contribution in [3.8, 4) is 0 Å². The number of aromatic nitrogens is 4. The molecule has 3 saturated carbocycles. The van der Waals surface area contributed by atoms with Crippen LogP contribution >= 0.6 is 11.8 Å². The predicted octanol–water partition coefficient (Wildman–Crippen LogP) is 3.90. The Balaban J connectivity index is 1.31. The summed E-state index contributed by atoms with van der Waals surface area (Å²) in [6.45, 7) is 6.95. The first-order chi connectivity index (χ1) is 16.3. The number of thioether (sulfide) groups is 1. The Morgan fingerprint density at radius 2 is 1.79 bits per heavy atom. The molecule has 2 aromatic heterocycles. The fraction of sp³-hybridized carbons (Fsp3) is 0.720. The summed E-state index contributed by atoms with van der Waals surface area (Å²) in [6, 6.07) is 0.299. The molecule has 2 aromatic rings. The van der Waals surface area contributed by atoms with Crippen molar-refractivity contribution in [3.05, 3.63) is 26.7 Å². The molecule has 0 aromatic carbocycles. The Labute approximate surface area is 203 Å². The minimum Gasteiger partial charge on any atom is -0.353 e. The van der Waals surface area contributed by atoms with E-state index in [0.29, 0.717) is 33.2 Å². The van der Waals surface area contributed by atoms with Crippen LogP contribution in [0.4, 0.5) is 0 Å². The smallest absolute Gasteiger partial charge is 0.330 e. The summed E-state index contributed by atoms with van der Waals surface area (Å²) in [7, 11) is 0. The maximum atomic E-state index is 12.8. The second-order valence-electron chi connectivity index (χ2n) is 11.0. The topological polar surface area (TPSA) is 110 Å². The van der Waals surface area contributed by atoms with Crippen LogP contribution in [0.25, 0.3) is 11.0 Å². The van der Waals surface area contributed by atoms with Crippen molar-refractivity contribution in [2.24, 2.45) is 11.3 Å². The summed E-state index contributed by atoms with van der Waals surface area (Å²) in [5.41, 5.74) is -0.102. The van der Waals surface area contributed by atoms with Crippen molar-refractivity contribution in [2.45, 2.75) is 102 Å². The molecule has 2 N–H and O–H groups in total. The van der Waals surface area contributed by atoms with E-state index in [0.717, 1.165) is 51.4 Å². The molecule has 3 aliphatic rings. The predicted molar refractivity (Wildman–Crippen MR) is 133 cm³/mol. The molecule has 2 heterocycles. The summed E-state index contributed by atoms with van der Waals surface area (Å²) in [5.74, 6) is 1.84. The highest BCUT2D eigenvalue weighted by atomic mass is 32.2. The number of aromatic amines is 1. The zero-order valence-electron chi connectivity index (χ0n) is 20.4. The molecule has 0 bridgehead atoms. The Bertz CT molecular complexity index is 1200. The lowest BCUT2D eigenvalue weighted by atomic mass is 9.69. The van der Waals surface area contributed by atoms with Crippen LogP contribution in [0.3, 0.4) is 0 Å². The Morgan fingerprint density at radius 3 is 2.41 bits per heavy atom. The Morgan fingerprint density at radius 1 is 1.09 bits per heavy atom. The average Bonchev–Trinajstić information content (AvgIpc) is 3.71. The molecular weight excluding hydrogens is 450 g/mol. The molecule has 8 nitrogen and oxygen atoms in total. The largest absolute Gasteiger partial charge is 0.353 e. The quantitative estimate of drug-likeness (QED) is 0.434. The molecule has 34 heavy (non-hydrogen) atoms. The summed E-state index contributed by atoms with van der Waals surface area (Å²) < 4.78 is 1.62. The number of rotatable bonds is 8. The van der Waals surface area contributed by atoms with E-state index >= 15 is 0 Å².